The highest BCUT2D eigenvalue weighted by Crippen LogP contribution is 2.20. The third-order valence-corrected chi connectivity index (χ3v) is 4.95. The van der Waals surface area contributed by atoms with Gasteiger partial charge in [-0.05, 0) is 18.6 Å². The van der Waals surface area contributed by atoms with E-state index in [9.17, 15) is 0 Å². The van der Waals surface area contributed by atoms with Crippen molar-refractivity contribution in [1.82, 2.24) is 19.9 Å². The molecule has 0 aliphatic carbocycles. The molecular formula is C19H26N6O. The van der Waals surface area contributed by atoms with Crippen LogP contribution in [0.1, 0.15) is 11.3 Å². The molecule has 2 aliphatic rings. The largest absolute Gasteiger partial charge is 0.378 e. The van der Waals surface area contributed by atoms with Crippen LogP contribution >= 0.6 is 0 Å². The van der Waals surface area contributed by atoms with Crippen LogP contribution in [0, 0.1) is 6.92 Å². The van der Waals surface area contributed by atoms with Crippen LogP contribution in [0.25, 0.3) is 0 Å². The molecule has 4 rings (SSSR count). The zero-order valence-corrected chi connectivity index (χ0v) is 15.3. The maximum absolute atomic E-state index is 5.45. The molecule has 26 heavy (non-hydrogen) atoms. The lowest BCUT2D eigenvalue weighted by atomic mass is 10.2. The molecule has 0 radical (unpaired) electrons. The Bertz CT molecular complexity index is 711. The Kier molecular flexibility index (Phi) is 5.26. The second-order valence-corrected chi connectivity index (χ2v) is 6.89. The molecule has 2 aromatic heterocycles. The van der Waals surface area contributed by atoms with Crippen LogP contribution in [0.15, 0.2) is 30.6 Å². The Balaban J connectivity index is 1.40. The second-order valence-electron chi connectivity index (χ2n) is 6.89. The molecule has 0 amide bonds. The quantitative estimate of drug-likeness (QED) is 0.821. The Morgan fingerprint density at radius 3 is 2.54 bits per heavy atom. The predicted molar refractivity (Wildman–Crippen MR) is 102 cm³/mol. The molecule has 7 nitrogen and oxygen atoms in total. The number of hydrogen-bond donors (Lipinski definition) is 0. The first-order valence-electron chi connectivity index (χ1n) is 9.32. The maximum Gasteiger partial charge on any atom is 0.227 e. The van der Waals surface area contributed by atoms with Crippen molar-refractivity contribution in [3.63, 3.8) is 0 Å². The van der Waals surface area contributed by atoms with Gasteiger partial charge in [0.25, 0.3) is 0 Å². The van der Waals surface area contributed by atoms with Crippen LogP contribution in [-0.4, -0.2) is 72.3 Å². The highest BCUT2D eigenvalue weighted by molar-refractivity contribution is 5.46. The molecule has 138 valence electrons. The minimum Gasteiger partial charge on any atom is -0.378 e. The van der Waals surface area contributed by atoms with Crippen molar-refractivity contribution in [2.24, 2.45) is 0 Å². The first kappa shape index (κ1) is 17.2. The predicted octanol–water partition coefficient (Wildman–Crippen LogP) is 1.34. The van der Waals surface area contributed by atoms with Crippen LogP contribution in [0.2, 0.25) is 0 Å². The first-order chi connectivity index (χ1) is 12.8. The molecule has 0 bridgehead atoms. The average molecular weight is 354 g/mol. The zero-order chi connectivity index (χ0) is 17.8. The van der Waals surface area contributed by atoms with Crippen molar-refractivity contribution in [3.8, 4) is 0 Å². The van der Waals surface area contributed by atoms with Gasteiger partial charge in [0.15, 0.2) is 0 Å². The SMILES string of the molecule is Cc1cc(N2CCOCC2)nc(N2CCN(Cc3cccnc3)CC2)n1. The fraction of sp³-hybridized carbons (Fsp3) is 0.526. The number of pyridine rings is 1. The van der Waals surface area contributed by atoms with E-state index < -0.39 is 0 Å². The van der Waals surface area contributed by atoms with Gasteiger partial charge in [0.2, 0.25) is 5.95 Å². The summed E-state index contributed by atoms with van der Waals surface area (Å²) in [6.07, 6.45) is 3.77. The molecule has 2 aromatic rings. The fourth-order valence-electron chi connectivity index (χ4n) is 3.49. The van der Waals surface area contributed by atoms with Crippen molar-refractivity contribution < 1.29 is 4.74 Å². The van der Waals surface area contributed by atoms with Crippen LogP contribution < -0.4 is 9.80 Å². The average Bonchev–Trinajstić information content (AvgIpc) is 2.70. The van der Waals surface area contributed by atoms with Gasteiger partial charge in [-0.2, -0.15) is 4.98 Å². The van der Waals surface area contributed by atoms with E-state index in [-0.39, 0.29) is 0 Å². The van der Waals surface area contributed by atoms with Gasteiger partial charge in [-0.1, -0.05) is 6.07 Å². The standard InChI is InChI=1S/C19H26N6O/c1-16-13-18(24-9-11-26-12-10-24)22-19(21-16)25-7-5-23(6-8-25)15-17-3-2-4-20-14-17/h2-4,13-14H,5-12,15H2,1H3. The van der Waals surface area contributed by atoms with Gasteiger partial charge in [0, 0.05) is 70.0 Å². The van der Waals surface area contributed by atoms with Crippen molar-refractivity contribution in [1.29, 1.82) is 0 Å². The van der Waals surface area contributed by atoms with Gasteiger partial charge < -0.3 is 14.5 Å². The third-order valence-electron chi connectivity index (χ3n) is 4.95. The first-order valence-corrected chi connectivity index (χ1v) is 9.32. The molecule has 0 spiro atoms. The number of piperazine rings is 1. The van der Waals surface area contributed by atoms with Crippen molar-refractivity contribution in [2.75, 3.05) is 62.3 Å². The number of rotatable bonds is 4. The van der Waals surface area contributed by atoms with E-state index in [4.69, 9.17) is 9.72 Å². The smallest absolute Gasteiger partial charge is 0.227 e. The molecule has 0 saturated carbocycles. The molecular weight excluding hydrogens is 328 g/mol. The number of morpholine rings is 1. The normalized spacial score (nSPS) is 19.0. The summed E-state index contributed by atoms with van der Waals surface area (Å²) in [7, 11) is 0. The molecule has 2 aliphatic heterocycles. The van der Waals surface area contributed by atoms with Gasteiger partial charge in [0.1, 0.15) is 5.82 Å². The van der Waals surface area contributed by atoms with Crippen LogP contribution in [0.5, 0.6) is 0 Å². The van der Waals surface area contributed by atoms with Gasteiger partial charge in [-0.25, -0.2) is 4.98 Å². The van der Waals surface area contributed by atoms with Gasteiger partial charge >= 0.3 is 0 Å². The monoisotopic (exact) mass is 354 g/mol. The van der Waals surface area contributed by atoms with E-state index >= 15 is 0 Å². The summed E-state index contributed by atoms with van der Waals surface area (Å²) in [4.78, 5) is 20.8. The van der Waals surface area contributed by atoms with Crippen molar-refractivity contribution >= 4 is 11.8 Å². The van der Waals surface area contributed by atoms with Crippen LogP contribution in [0.4, 0.5) is 11.8 Å². The number of hydrogen-bond acceptors (Lipinski definition) is 7. The van der Waals surface area contributed by atoms with E-state index in [2.05, 4.69) is 36.8 Å². The lowest BCUT2D eigenvalue weighted by Crippen LogP contribution is -2.46. The van der Waals surface area contributed by atoms with E-state index in [1.165, 1.54) is 5.56 Å². The molecule has 0 N–H and O–H groups in total. The topological polar surface area (TPSA) is 57.6 Å². The summed E-state index contributed by atoms with van der Waals surface area (Å²) in [5.41, 5.74) is 2.29. The van der Waals surface area contributed by atoms with E-state index in [1.807, 2.05) is 25.4 Å². The number of anilines is 2. The van der Waals surface area contributed by atoms with Crippen LogP contribution in [0.3, 0.4) is 0 Å². The summed E-state index contributed by atoms with van der Waals surface area (Å²) in [6.45, 7) is 10.3. The molecule has 2 fully saturated rings. The highest BCUT2D eigenvalue weighted by atomic mass is 16.5. The molecule has 2 saturated heterocycles. The molecule has 0 aromatic carbocycles. The number of aryl methyl sites for hydroxylation is 1. The summed E-state index contributed by atoms with van der Waals surface area (Å²) >= 11 is 0. The number of ether oxygens (including phenoxy) is 1. The van der Waals surface area contributed by atoms with Gasteiger partial charge in [-0.3, -0.25) is 9.88 Å². The Hall–Kier alpha value is -2.25. The zero-order valence-electron chi connectivity index (χ0n) is 15.3. The van der Waals surface area contributed by atoms with Crippen molar-refractivity contribution in [3.05, 3.63) is 41.9 Å². The lowest BCUT2D eigenvalue weighted by Gasteiger charge is -2.35. The summed E-state index contributed by atoms with van der Waals surface area (Å²) in [5.74, 6) is 1.88. The molecule has 7 heteroatoms. The minimum atomic E-state index is 0.769. The maximum atomic E-state index is 5.45. The van der Waals surface area contributed by atoms with Gasteiger partial charge in [-0.15, -0.1) is 0 Å². The second kappa shape index (κ2) is 7.97. The van der Waals surface area contributed by atoms with Gasteiger partial charge in [0.05, 0.1) is 13.2 Å². The van der Waals surface area contributed by atoms with Crippen LogP contribution in [-0.2, 0) is 11.3 Å². The van der Waals surface area contributed by atoms with Crippen molar-refractivity contribution in [2.45, 2.75) is 13.5 Å². The van der Waals surface area contributed by atoms with E-state index in [0.717, 1.165) is 76.5 Å². The molecule has 0 unspecified atom stereocenters. The summed E-state index contributed by atoms with van der Waals surface area (Å²) < 4.78 is 5.45. The van der Waals surface area contributed by atoms with E-state index in [1.54, 1.807) is 0 Å². The number of aromatic nitrogens is 3. The van der Waals surface area contributed by atoms with E-state index in [0.29, 0.717) is 0 Å². The molecule has 0 atom stereocenters. The highest BCUT2D eigenvalue weighted by Gasteiger charge is 2.21. The Morgan fingerprint density at radius 1 is 1.00 bits per heavy atom. The summed E-state index contributed by atoms with van der Waals surface area (Å²) in [5, 5.41) is 0. The Labute approximate surface area is 154 Å². The number of nitrogens with zero attached hydrogens (tertiary/aromatic N) is 6. The third kappa shape index (κ3) is 4.11. The summed E-state index contributed by atoms with van der Waals surface area (Å²) in [6, 6.07) is 6.21. The fourth-order valence-corrected chi connectivity index (χ4v) is 3.49. The minimum absolute atomic E-state index is 0.769. The lowest BCUT2D eigenvalue weighted by molar-refractivity contribution is 0.122. The Morgan fingerprint density at radius 2 is 1.81 bits per heavy atom. The molecule has 4 heterocycles.